The number of anilines is 2. The van der Waals surface area contributed by atoms with Crippen molar-refractivity contribution in [1.82, 2.24) is 14.7 Å². The normalized spacial score (nSPS) is 18.3. The number of carbonyl (C=O) groups excluding carboxylic acids is 3. The molecule has 0 bridgehead atoms. The second-order valence-corrected chi connectivity index (χ2v) is 13.5. The fourth-order valence-corrected chi connectivity index (χ4v) is 6.71. The molecule has 2 atom stereocenters. The van der Waals surface area contributed by atoms with Gasteiger partial charge in [0.25, 0.3) is 5.91 Å². The lowest BCUT2D eigenvalue weighted by atomic mass is 9.94. The van der Waals surface area contributed by atoms with Crippen LogP contribution in [-0.2, 0) is 9.53 Å². The lowest BCUT2D eigenvalue weighted by Crippen LogP contribution is -2.58. The number of piperidine rings is 1. The van der Waals surface area contributed by atoms with E-state index >= 15 is 4.39 Å². The highest BCUT2D eigenvalue weighted by Crippen LogP contribution is 2.29. The van der Waals surface area contributed by atoms with Crippen LogP contribution in [0.15, 0.2) is 36.4 Å². The zero-order valence-corrected chi connectivity index (χ0v) is 29.2. The summed E-state index contributed by atoms with van der Waals surface area (Å²) < 4.78 is 20.3. The molecule has 2 aromatic carbocycles. The Morgan fingerprint density at radius 1 is 1.04 bits per heavy atom. The molecular formula is C37H54FN5O4. The Morgan fingerprint density at radius 2 is 1.79 bits per heavy atom. The van der Waals surface area contributed by atoms with Crippen LogP contribution in [0.4, 0.5) is 15.8 Å². The molecule has 9 nitrogen and oxygen atoms in total. The largest absolute Gasteiger partial charge is 0.462 e. The molecule has 0 N–H and O–H groups in total. The number of halogens is 1. The van der Waals surface area contributed by atoms with Gasteiger partial charge in [-0.05, 0) is 102 Å². The quantitative estimate of drug-likeness (QED) is 0.152. The smallest absolute Gasteiger partial charge is 0.338 e. The predicted molar refractivity (Wildman–Crippen MR) is 186 cm³/mol. The Hall–Kier alpha value is -3.50. The summed E-state index contributed by atoms with van der Waals surface area (Å²) in [5.41, 5.74) is 3.35. The number of amides is 2. The van der Waals surface area contributed by atoms with Crippen molar-refractivity contribution in [2.75, 3.05) is 76.3 Å². The average molecular weight is 652 g/mol. The number of aryl methyl sites for hydroxylation is 1. The van der Waals surface area contributed by atoms with Gasteiger partial charge in [0.15, 0.2) is 0 Å². The molecule has 47 heavy (non-hydrogen) atoms. The highest BCUT2D eigenvalue weighted by Gasteiger charge is 2.32. The summed E-state index contributed by atoms with van der Waals surface area (Å²) in [5, 5.41) is 0. The Labute approximate surface area is 280 Å². The van der Waals surface area contributed by atoms with E-state index in [-0.39, 0.29) is 23.3 Å². The maximum atomic E-state index is 15.1. The summed E-state index contributed by atoms with van der Waals surface area (Å²) in [6.07, 6.45) is 5.05. The van der Waals surface area contributed by atoms with Crippen molar-refractivity contribution in [1.29, 1.82) is 0 Å². The summed E-state index contributed by atoms with van der Waals surface area (Å²) in [7, 11) is 4.22. The number of hydrogen-bond donors (Lipinski definition) is 0. The first-order chi connectivity index (χ1) is 22.6. The third-order valence-corrected chi connectivity index (χ3v) is 9.76. The Balaban J connectivity index is 1.35. The minimum Gasteiger partial charge on any atom is -0.462 e. The molecule has 2 unspecified atom stereocenters. The fraction of sp³-hybridized carbons (Fsp3) is 0.595. The van der Waals surface area contributed by atoms with Crippen LogP contribution in [0.3, 0.4) is 0 Å². The molecule has 0 radical (unpaired) electrons. The molecule has 4 rings (SSSR count). The molecular weight excluding hydrogens is 597 g/mol. The van der Waals surface area contributed by atoms with Crippen molar-refractivity contribution in [3.63, 3.8) is 0 Å². The molecule has 10 heteroatoms. The summed E-state index contributed by atoms with van der Waals surface area (Å²) >= 11 is 0. The van der Waals surface area contributed by atoms with Crippen LogP contribution in [0.2, 0.25) is 0 Å². The third kappa shape index (κ3) is 9.32. The standard InChI is InChI=1S/C37H54FN5O4/c1-7-9-20-47-37(46)30-10-13-35(34(38)22-30)40-16-14-29(15-17-40)23-41-18-19-42(25-32(41)24-39(5)6)31-11-12-33(27(3)21-31)36(45)43(26-44)28(4)8-2/h10-13,21-22,26,28-29,32H,7-9,14-20,23-25H2,1-6H3. The third-order valence-electron chi connectivity index (χ3n) is 9.76. The number of imide groups is 1. The van der Waals surface area contributed by atoms with Gasteiger partial charge in [-0.15, -0.1) is 0 Å². The zero-order valence-electron chi connectivity index (χ0n) is 29.2. The van der Waals surface area contributed by atoms with Gasteiger partial charge in [-0.3, -0.25) is 19.4 Å². The van der Waals surface area contributed by atoms with Crippen molar-refractivity contribution in [3.8, 4) is 0 Å². The molecule has 2 amide bonds. The van der Waals surface area contributed by atoms with Crippen LogP contribution >= 0.6 is 0 Å². The molecule has 2 heterocycles. The van der Waals surface area contributed by atoms with Crippen LogP contribution < -0.4 is 9.80 Å². The second kappa shape index (κ2) is 17.1. The molecule has 0 saturated carbocycles. The van der Waals surface area contributed by atoms with E-state index in [1.807, 2.05) is 39.8 Å². The van der Waals surface area contributed by atoms with E-state index in [0.29, 0.717) is 42.6 Å². The Bertz CT molecular complexity index is 1360. The van der Waals surface area contributed by atoms with Gasteiger partial charge in [-0.2, -0.15) is 0 Å². The SMILES string of the molecule is CCCCOC(=O)c1ccc(N2CCC(CN3CCN(c4ccc(C(=O)N(C=O)C(C)CC)c(C)c4)CC3CN(C)C)CC2)c(F)c1. The first kappa shape index (κ1) is 36.3. The first-order valence-electron chi connectivity index (χ1n) is 17.3. The Kier molecular flexibility index (Phi) is 13.2. The average Bonchev–Trinajstić information content (AvgIpc) is 3.05. The maximum absolute atomic E-state index is 15.1. The van der Waals surface area contributed by atoms with E-state index in [4.69, 9.17) is 4.74 Å². The number of carbonyl (C=O) groups is 3. The highest BCUT2D eigenvalue weighted by atomic mass is 19.1. The number of benzene rings is 2. The number of nitrogens with zero attached hydrogens (tertiary/aromatic N) is 5. The molecule has 0 aromatic heterocycles. The second-order valence-electron chi connectivity index (χ2n) is 13.5. The van der Waals surface area contributed by atoms with Gasteiger partial charge in [0, 0.05) is 69.1 Å². The van der Waals surface area contributed by atoms with Crippen molar-refractivity contribution in [3.05, 3.63) is 58.9 Å². The van der Waals surface area contributed by atoms with Gasteiger partial charge < -0.3 is 19.4 Å². The number of likely N-dealkylation sites (N-methyl/N-ethyl adjacent to an activating group) is 1. The highest BCUT2D eigenvalue weighted by molar-refractivity contribution is 6.01. The molecule has 258 valence electrons. The van der Waals surface area contributed by atoms with Crippen molar-refractivity contribution >= 4 is 29.7 Å². The summed E-state index contributed by atoms with van der Waals surface area (Å²) in [5.74, 6) is -0.570. The summed E-state index contributed by atoms with van der Waals surface area (Å²) in [4.78, 5) is 47.7. The minimum absolute atomic E-state index is 0.147. The number of piperazine rings is 1. The topological polar surface area (TPSA) is 76.6 Å². The molecule has 2 aromatic rings. The summed E-state index contributed by atoms with van der Waals surface area (Å²) in [6.45, 7) is 14.4. The molecule has 0 spiro atoms. The van der Waals surface area contributed by atoms with E-state index in [2.05, 4.69) is 39.8 Å². The van der Waals surface area contributed by atoms with Crippen LogP contribution in [0.5, 0.6) is 0 Å². The van der Waals surface area contributed by atoms with Gasteiger partial charge in [0.1, 0.15) is 5.82 Å². The lowest BCUT2D eigenvalue weighted by molar-refractivity contribution is -0.117. The number of rotatable bonds is 14. The van der Waals surface area contributed by atoms with E-state index in [9.17, 15) is 14.4 Å². The fourth-order valence-electron chi connectivity index (χ4n) is 6.71. The van der Waals surface area contributed by atoms with Crippen LogP contribution in [0.1, 0.15) is 79.2 Å². The molecule has 2 aliphatic heterocycles. The number of ether oxygens (including phenoxy) is 1. The van der Waals surface area contributed by atoms with Gasteiger partial charge in [-0.1, -0.05) is 20.3 Å². The molecule has 2 saturated heterocycles. The van der Waals surface area contributed by atoms with Crippen molar-refractivity contribution in [2.45, 2.75) is 71.9 Å². The predicted octanol–water partition coefficient (Wildman–Crippen LogP) is 5.46. The number of esters is 1. The van der Waals surface area contributed by atoms with Gasteiger partial charge >= 0.3 is 5.97 Å². The van der Waals surface area contributed by atoms with Crippen LogP contribution in [0, 0.1) is 18.7 Å². The van der Waals surface area contributed by atoms with E-state index in [1.54, 1.807) is 12.1 Å². The van der Waals surface area contributed by atoms with Crippen LogP contribution in [0.25, 0.3) is 0 Å². The van der Waals surface area contributed by atoms with E-state index in [1.165, 1.54) is 11.0 Å². The zero-order chi connectivity index (χ0) is 34.1. The van der Waals surface area contributed by atoms with Gasteiger partial charge in [0.2, 0.25) is 6.41 Å². The van der Waals surface area contributed by atoms with E-state index in [0.717, 1.165) is 82.7 Å². The van der Waals surface area contributed by atoms with Crippen molar-refractivity contribution in [2.24, 2.45) is 5.92 Å². The Morgan fingerprint density at radius 3 is 2.40 bits per heavy atom. The number of unbranched alkanes of at least 4 members (excludes halogenated alkanes) is 1. The van der Waals surface area contributed by atoms with Gasteiger partial charge in [0.05, 0.1) is 17.9 Å². The maximum Gasteiger partial charge on any atom is 0.338 e. The molecule has 0 aliphatic carbocycles. The number of hydrogen-bond acceptors (Lipinski definition) is 8. The van der Waals surface area contributed by atoms with E-state index < -0.39 is 5.97 Å². The molecule has 2 fully saturated rings. The monoisotopic (exact) mass is 651 g/mol. The summed E-state index contributed by atoms with van der Waals surface area (Å²) in [6, 6.07) is 10.8. The van der Waals surface area contributed by atoms with Crippen LogP contribution in [-0.4, -0.2) is 112 Å². The molecule has 2 aliphatic rings. The van der Waals surface area contributed by atoms with Crippen molar-refractivity contribution < 1.29 is 23.5 Å². The lowest BCUT2D eigenvalue weighted by Gasteiger charge is -2.45. The minimum atomic E-state index is -0.472. The van der Waals surface area contributed by atoms with Gasteiger partial charge in [-0.25, -0.2) is 9.18 Å². The first-order valence-corrected chi connectivity index (χ1v) is 17.3.